The first kappa shape index (κ1) is 14.5. The van der Waals surface area contributed by atoms with Gasteiger partial charge in [-0.1, -0.05) is 17.3 Å². The second-order valence-corrected chi connectivity index (χ2v) is 4.25. The monoisotopic (exact) mass is 291 g/mol. The fourth-order valence-corrected chi connectivity index (χ4v) is 1.70. The summed E-state index contributed by atoms with van der Waals surface area (Å²) in [6.45, 7) is -0.773. The Morgan fingerprint density at radius 3 is 2.57 bits per heavy atom. The number of aliphatic carboxylic acids is 1. The van der Waals surface area contributed by atoms with Crippen molar-refractivity contribution >= 4 is 28.8 Å². The molecule has 1 aromatic carbocycles. The number of aromatic nitrogens is 1. The standard InChI is InChI=1S/C13H13N3O5/c17-11(14-6-12(18)15-7-13(19)20)5-9-8-3-1-2-4-10(8)21-16-9/h1-4H,5-7H2,(H,14,17)(H,15,18)(H,19,20). The highest BCUT2D eigenvalue weighted by Gasteiger charge is 2.13. The van der Waals surface area contributed by atoms with Gasteiger partial charge in [0.15, 0.2) is 5.58 Å². The molecule has 2 rings (SSSR count). The van der Waals surface area contributed by atoms with Gasteiger partial charge in [-0.3, -0.25) is 14.4 Å². The highest BCUT2D eigenvalue weighted by molar-refractivity contribution is 5.89. The van der Waals surface area contributed by atoms with Crippen LogP contribution < -0.4 is 10.6 Å². The van der Waals surface area contributed by atoms with Crippen molar-refractivity contribution in [2.45, 2.75) is 6.42 Å². The Morgan fingerprint density at radius 2 is 1.81 bits per heavy atom. The minimum absolute atomic E-state index is 0.0246. The molecule has 3 N–H and O–H groups in total. The van der Waals surface area contributed by atoms with Crippen LogP contribution in [0.4, 0.5) is 0 Å². The van der Waals surface area contributed by atoms with Crippen LogP contribution in [-0.2, 0) is 20.8 Å². The molecule has 0 aliphatic rings. The minimum atomic E-state index is -1.15. The lowest BCUT2D eigenvalue weighted by atomic mass is 10.1. The van der Waals surface area contributed by atoms with Crippen LogP contribution in [0.5, 0.6) is 0 Å². The normalized spacial score (nSPS) is 10.3. The van der Waals surface area contributed by atoms with E-state index < -0.39 is 24.3 Å². The van der Waals surface area contributed by atoms with E-state index in [1.165, 1.54) is 0 Å². The van der Waals surface area contributed by atoms with Crippen LogP contribution in [0.25, 0.3) is 11.0 Å². The molecule has 0 atom stereocenters. The van der Waals surface area contributed by atoms with Crippen molar-refractivity contribution in [3.05, 3.63) is 30.0 Å². The van der Waals surface area contributed by atoms with Gasteiger partial charge in [0.05, 0.1) is 13.0 Å². The van der Waals surface area contributed by atoms with E-state index in [2.05, 4.69) is 15.8 Å². The summed E-state index contributed by atoms with van der Waals surface area (Å²) in [5, 5.41) is 17.5. The van der Waals surface area contributed by atoms with Crippen LogP contribution in [0.1, 0.15) is 5.69 Å². The number of hydrogen-bond acceptors (Lipinski definition) is 5. The first-order valence-corrected chi connectivity index (χ1v) is 6.14. The van der Waals surface area contributed by atoms with Crippen molar-refractivity contribution in [3.63, 3.8) is 0 Å². The van der Waals surface area contributed by atoms with Gasteiger partial charge in [-0.25, -0.2) is 0 Å². The minimum Gasteiger partial charge on any atom is -0.480 e. The Morgan fingerprint density at radius 1 is 1.10 bits per heavy atom. The number of nitrogens with zero attached hydrogens (tertiary/aromatic N) is 1. The van der Waals surface area contributed by atoms with Crippen LogP contribution in [-0.4, -0.2) is 41.1 Å². The average Bonchev–Trinajstić information content (AvgIpc) is 2.86. The molecule has 1 heterocycles. The van der Waals surface area contributed by atoms with Gasteiger partial charge >= 0.3 is 5.97 Å². The Kier molecular flexibility index (Phi) is 4.50. The topological polar surface area (TPSA) is 122 Å². The number of carboxylic acids is 1. The average molecular weight is 291 g/mol. The molecule has 0 bridgehead atoms. The van der Waals surface area contributed by atoms with E-state index >= 15 is 0 Å². The quantitative estimate of drug-likeness (QED) is 0.671. The summed E-state index contributed by atoms with van der Waals surface area (Å²) < 4.78 is 5.07. The second-order valence-electron chi connectivity index (χ2n) is 4.25. The molecule has 0 spiro atoms. The van der Waals surface area contributed by atoms with Gasteiger partial charge in [-0.05, 0) is 12.1 Å². The van der Waals surface area contributed by atoms with Crippen molar-refractivity contribution in [2.24, 2.45) is 0 Å². The van der Waals surface area contributed by atoms with Gasteiger partial charge in [0, 0.05) is 5.39 Å². The van der Waals surface area contributed by atoms with E-state index in [1.807, 2.05) is 0 Å². The zero-order valence-corrected chi connectivity index (χ0v) is 11.0. The molecule has 8 nitrogen and oxygen atoms in total. The molecule has 2 amide bonds. The van der Waals surface area contributed by atoms with Crippen molar-refractivity contribution in [3.8, 4) is 0 Å². The van der Waals surface area contributed by atoms with Crippen molar-refractivity contribution < 1.29 is 24.0 Å². The molecule has 1 aromatic heterocycles. The van der Waals surface area contributed by atoms with Gasteiger partial charge in [0.2, 0.25) is 11.8 Å². The maximum absolute atomic E-state index is 11.7. The van der Waals surface area contributed by atoms with E-state index in [4.69, 9.17) is 9.63 Å². The molecule has 110 valence electrons. The number of para-hydroxylation sites is 1. The summed E-state index contributed by atoms with van der Waals surface area (Å²) in [5.41, 5.74) is 1.06. The molecule has 0 aliphatic heterocycles. The fraction of sp³-hybridized carbons (Fsp3) is 0.231. The fourth-order valence-electron chi connectivity index (χ4n) is 1.70. The third-order valence-corrected chi connectivity index (χ3v) is 2.66. The summed E-state index contributed by atoms with van der Waals surface area (Å²) >= 11 is 0. The summed E-state index contributed by atoms with van der Waals surface area (Å²) in [6, 6.07) is 7.13. The molecule has 0 aliphatic carbocycles. The third kappa shape index (κ3) is 4.03. The van der Waals surface area contributed by atoms with E-state index in [-0.39, 0.29) is 13.0 Å². The highest BCUT2D eigenvalue weighted by Crippen LogP contribution is 2.17. The molecule has 2 aromatic rings. The highest BCUT2D eigenvalue weighted by atomic mass is 16.5. The first-order valence-electron chi connectivity index (χ1n) is 6.14. The number of benzene rings is 1. The zero-order valence-electron chi connectivity index (χ0n) is 11.0. The van der Waals surface area contributed by atoms with Gasteiger partial charge in [0.25, 0.3) is 0 Å². The third-order valence-electron chi connectivity index (χ3n) is 2.66. The van der Waals surface area contributed by atoms with E-state index in [0.717, 1.165) is 5.39 Å². The van der Waals surface area contributed by atoms with Gasteiger partial charge in [-0.2, -0.15) is 0 Å². The van der Waals surface area contributed by atoms with E-state index in [0.29, 0.717) is 11.3 Å². The summed E-state index contributed by atoms with van der Waals surface area (Å²) in [5.74, 6) is -2.13. The lowest BCUT2D eigenvalue weighted by Gasteiger charge is -2.04. The van der Waals surface area contributed by atoms with Crippen LogP contribution >= 0.6 is 0 Å². The first-order chi connectivity index (χ1) is 10.1. The number of fused-ring (bicyclic) bond motifs is 1. The molecule has 0 saturated carbocycles. The molecule has 8 heteroatoms. The van der Waals surface area contributed by atoms with Crippen LogP contribution in [0, 0.1) is 0 Å². The lowest BCUT2D eigenvalue weighted by molar-refractivity contribution is -0.137. The lowest BCUT2D eigenvalue weighted by Crippen LogP contribution is -2.39. The number of nitrogens with one attached hydrogen (secondary N) is 2. The largest absolute Gasteiger partial charge is 0.480 e. The Balaban J connectivity index is 1.85. The Hall–Kier alpha value is -2.90. The van der Waals surface area contributed by atoms with E-state index in [1.54, 1.807) is 24.3 Å². The predicted octanol–water partition coefficient (Wildman–Crippen LogP) is -0.313. The van der Waals surface area contributed by atoms with Gasteiger partial charge in [-0.15, -0.1) is 0 Å². The Bertz CT molecular complexity index is 679. The summed E-state index contributed by atoms with van der Waals surface area (Å²) in [4.78, 5) is 33.2. The van der Waals surface area contributed by atoms with Crippen LogP contribution in [0.15, 0.2) is 28.8 Å². The summed E-state index contributed by atoms with van der Waals surface area (Å²) in [6.07, 6.45) is -0.0246. The van der Waals surface area contributed by atoms with Crippen molar-refractivity contribution in [1.29, 1.82) is 0 Å². The number of rotatable bonds is 6. The summed E-state index contributed by atoms with van der Waals surface area (Å²) in [7, 11) is 0. The zero-order chi connectivity index (χ0) is 15.2. The maximum Gasteiger partial charge on any atom is 0.322 e. The van der Waals surface area contributed by atoms with Crippen LogP contribution in [0.2, 0.25) is 0 Å². The molecule has 21 heavy (non-hydrogen) atoms. The molecule has 0 unspecified atom stereocenters. The van der Waals surface area contributed by atoms with Gasteiger partial charge < -0.3 is 20.3 Å². The number of carbonyl (C=O) groups is 3. The maximum atomic E-state index is 11.7. The molecular weight excluding hydrogens is 278 g/mol. The van der Waals surface area contributed by atoms with Crippen molar-refractivity contribution in [1.82, 2.24) is 15.8 Å². The molecule has 0 saturated heterocycles. The van der Waals surface area contributed by atoms with Crippen LogP contribution in [0.3, 0.4) is 0 Å². The smallest absolute Gasteiger partial charge is 0.322 e. The van der Waals surface area contributed by atoms with Gasteiger partial charge in [0.1, 0.15) is 12.2 Å². The number of carbonyl (C=O) groups excluding carboxylic acids is 2. The molecule has 0 fully saturated rings. The number of amides is 2. The van der Waals surface area contributed by atoms with E-state index in [9.17, 15) is 14.4 Å². The Labute approximate surface area is 119 Å². The SMILES string of the molecule is O=C(O)CNC(=O)CNC(=O)Cc1noc2ccccc12. The molecular formula is C13H13N3O5. The van der Waals surface area contributed by atoms with Crippen molar-refractivity contribution in [2.75, 3.05) is 13.1 Å². The predicted molar refractivity (Wildman–Crippen MR) is 71.4 cm³/mol. The second kappa shape index (κ2) is 6.51. The number of carboxylic acid groups (broad SMARTS) is 1. The number of hydrogen-bond donors (Lipinski definition) is 3. The molecule has 0 radical (unpaired) electrons.